The van der Waals surface area contributed by atoms with Crippen molar-refractivity contribution in [2.75, 3.05) is 0 Å². The van der Waals surface area contributed by atoms with Crippen LogP contribution in [0.2, 0.25) is 0 Å². The smallest absolute Gasteiger partial charge is 0.244 e. The minimum Gasteiger partial charge on any atom is -0.491 e. The number of nitrogens with two attached hydrogens (primary N) is 1. The molecule has 0 bridgehead atoms. The van der Waals surface area contributed by atoms with Gasteiger partial charge in [0.05, 0.1) is 23.3 Å². The maximum absolute atomic E-state index is 13.4. The molecule has 1 aliphatic rings. The lowest BCUT2D eigenvalue weighted by molar-refractivity contribution is 0.239. The Hall–Kier alpha value is -3.79. The molecule has 1 unspecified atom stereocenters. The van der Waals surface area contributed by atoms with Crippen LogP contribution in [0, 0.1) is 17.1 Å². The number of para-hydroxylation sites is 1. The normalized spacial score (nSPS) is 15.6. The predicted molar refractivity (Wildman–Crippen MR) is 105 cm³/mol. The number of halogens is 1. The summed E-state index contributed by atoms with van der Waals surface area (Å²) in [7, 11) is 0. The topological polar surface area (TPSA) is 96.9 Å². The zero-order valence-electron chi connectivity index (χ0n) is 15.9. The minimum atomic E-state index is -0.544. The standard InChI is InChI=1S/C22H19FN4O2/c1-12(2)28-17-6-4-3-5-15(17)18-16(11-24)21(25)29-22-19(18)20(26-27-22)13-7-9-14(23)10-8-13/h3-10,12,18H,25H2,1-2H3,(H,26,27). The van der Waals surface area contributed by atoms with E-state index in [2.05, 4.69) is 16.3 Å². The van der Waals surface area contributed by atoms with Gasteiger partial charge in [-0.25, -0.2) is 4.39 Å². The van der Waals surface area contributed by atoms with Crippen molar-refractivity contribution in [1.82, 2.24) is 10.2 Å². The van der Waals surface area contributed by atoms with Crippen LogP contribution in [0.15, 0.2) is 60.0 Å². The Kier molecular flexibility index (Phi) is 4.69. The van der Waals surface area contributed by atoms with E-state index in [-0.39, 0.29) is 29.3 Å². The van der Waals surface area contributed by atoms with Crippen molar-refractivity contribution in [3.05, 3.63) is 76.9 Å². The number of hydrogen-bond donors (Lipinski definition) is 2. The molecule has 0 saturated heterocycles. The molecule has 0 fully saturated rings. The molecule has 146 valence electrons. The summed E-state index contributed by atoms with van der Waals surface area (Å²) in [6.45, 7) is 3.87. The molecule has 0 aliphatic carbocycles. The first-order chi connectivity index (χ1) is 14.0. The van der Waals surface area contributed by atoms with Crippen molar-refractivity contribution in [1.29, 1.82) is 5.26 Å². The number of H-pyrrole nitrogens is 1. The molecule has 0 saturated carbocycles. The Labute approximate surface area is 167 Å². The maximum Gasteiger partial charge on any atom is 0.244 e. The molecule has 3 aromatic rings. The molecular formula is C22H19FN4O2. The second-order valence-electron chi connectivity index (χ2n) is 6.95. The van der Waals surface area contributed by atoms with Gasteiger partial charge in [-0.15, -0.1) is 5.10 Å². The Morgan fingerprint density at radius 2 is 1.93 bits per heavy atom. The number of allylic oxidation sites excluding steroid dienone is 1. The second kappa shape index (κ2) is 7.32. The molecule has 1 atom stereocenters. The fourth-order valence-corrected chi connectivity index (χ4v) is 3.47. The zero-order chi connectivity index (χ0) is 20.5. The number of nitrogens with zero attached hydrogens (tertiary/aromatic N) is 2. The van der Waals surface area contributed by atoms with Gasteiger partial charge in [0.15, 0.2) is 0 Å². The highest BCUT2D eigenvalue weighted by Gasteiger charge is 2.37. The Morgan fingerprint density at radius 1 is 1.21 bits per heavy atom. The number of benzene rings is 2. The highest BCUT2D eigenvalue weighted by Crippen LogP contribution is 2.47. The highest BCUT2D eigenvalue weighted by atomic mass is 19.1. The van der Waals surface area contributed by atoms with Crippen LogP contribution in [0.25, 0.3) is 11.3 Å². The van der Waals surface area contributed by atoms with Crippen molar-refractivity contribution in [3.63, 3.8) is 0 Å². The summed E-state index contributed by atoms with van der Waals surface area (Å²) in [5, 5.41) is 17.0. The van der Waals surface area contributed by atoms with E-state index in [1.165, 1.54) is 12.1 Å². The average molecular weight is 390 g/mol. The number of fused-ring (bicyclic) bond motifs is 1. The lowest BCUT2D eigenvalue weighted by Gasteiger charge is -2.26. The van der Waals surface area contributed by atoms with Gasteiger partial charge in [0, 0.05) is 11.1 Å². The lowest BCUT2D eigenvalue weighted by Crippen LogP contribution is -2.21. The van der Waals surface area contributed by atoms with Crippen molar-refractivity contribution < 1.29 is 13.9 Å². The first-order valence-corrected chi connectivity index (χ1v) is 9.17. The predicted octanol–water partition coefficient (Wildman–Crippen LogP) is 4.22. The fraction of sp³-hybridized carbons (Fsp3) is 0.182. The van der Waals surface area contributed by atoms with Crippen LogP contribution in [-0.2, 0) is 0 Å². The Morgan fingerprint density at radius 3 is 2.62 bits per heavy atom. The molecule has 7 heteroatoms. The van der Waals surface area contributed by atoms with Gasteiger partial charge in [-0.2, -0.15) is 5.26 Å². The molecule has 2 aromatic carbocycles. The summed E-state index contributed by atoms with van der Waals surface area (Å²) in [6, 6.07) is 15.7. The van der Waals surface area contributed by atoms with E-state index in [4.69, 9.17) is 15.2 Å². The molecule has 4 rings (SSSR count). The molecule has 1 aliphatic heterocycles. The molecule has 29 heavy (non-hydrogen) atoms. The van der Waals surface area contributed by atoms with E-state index >= 15 is 0 Å². The van der Waals surface area contributed by atoms with Gasteiger partial charge in [-0.1, -0.05) is 18.2 Å². The van der Waals surface area contributed by atoms with Crippen molar-refractivity contribution in [3.8, 4) is 29.0 Å². The van der Waals surface area contributed by atoms with Crippen molar-refractivity contribution in [2.45, 2.75) is 25.9 Å². The summed E-state index contributed by atoms with van der Waals surface area (Å²) in [5.74, 6) is 0.0452. The maximum atomic E-state index is 13.4. The lowest BCUT2D eigenvalue weighted by atomic mass is 9.82. The van der Waals surface area contributed by atoms with Crippen LogP contribution in [0.3, 0.4) is 0 Å². The van der Waals surface area contributed by atoms with E-state index in [1.54, 1.807) is 12.1 Å². The first-order valence-electron chi connectivity index (χ1n) is 9.17. The molecule has 0 spiro atoms. The third kappa shape index (κ3) is 3.29. The number of nitrogens with one attached hydrogen (secondary N) is 1. The number of ether oxygens (including phenoxy) is 2. The third-order valence-electron chi connectivity index (χ3n) is 4.66. The monoisotopic (exact) mass is 390 g/mol. The zero-order valence-corrected chi connectivity index (χ0v) is 15.9. The number of nitriles is 1. The quantitative estimate of drug-likeness (QED) is 0.695. The van der Waals surface area contributed by atoms with Gasteiger partial charge in [-0.05, 0) is 44.2 Å². The summed E-state index contributed by atoms with van der Waals surface area (Å²) in [6.07, 6.45) is -0.0526. The van der Waals surface area contributed by atoms with E-state index in [1.807, 2.05) is 38.1 Å². The van der Waals surface area contributed by atoms with E-state index in [0.717, 1.165) is 5.56 Å². The molecule has 0 radical (unpaired) electrons. The van der Waals surface area contributed by atoms with Crippen molar-refractivity contribution >= 4 is 0 Å². The number of rotatable bonds is 4. The van der Waals surface area contributed by atoms with Gasteiger partial charge < -0.3 is 15.2 Å². The Balaban J connectivity index is 1.94. The minimum absolute atomic E-state index is 0.00139. The molecular weight excluding hydrogens is 371 g/mol. The van der Waals surface area contributed by atoms with Gasteiger partial charge >= 0.3 is 0 Å². The van der Waals surface area contributed by atoms with Crippen LogP contribution in [0.5, 0.6) is 11.6 Å². The van der Waals surface area contributed by atoms with Crippen LogP contribution in [0.4, 0.5) is 4.39 Å². The number of hydrogen-bond acceptors (Lipinski definition) is 5. The van der Waals surface area contributed by atoms with E-state index in [9.17, 15) is 9.65 Å². The summed E-state index contributed by atoms with van der Waals surface area (Å²) in [4.78, 5) is 0. The fourth-order valence-electron chi connectivity index (χ4n) is 3.47. The Bertz CT molecular complexity index is 1130. The summed E-state index contributed by atoms with van der Waals surface area (Å²) >= 11 is 0. The molecule has 3 N–H and O–H groups in total. The molecule has 2 heterocycles. The van der Waals surface area contributed by atoms with Crippen molar-refractivity contribution in [2.24, 2.45) is 5.73 Å². The largest absolute Gasteiger partial charge is 0.491 e. The third-order valence-corrected chi connectivity index (χ3v) is 4.66. The highest BCUT2D eigenvalue weighted by molar-refractivity contribution is 5.71. The second-order valence-corrected chi connectivity index (χ2v) is 6.95. The number of aromatic amines is 1. The molecule has 1 aromatic heterocycles. The van der Waals surface area contributed by atoms with Gasteiger partial charge in [0.25, 0.3) is 0 Å². The van der Waals surface area contributed by atoms with E-state index in [0.29, 0.717) is 22.6 Å². The van der Waals surface area contributed by atoms with Gasteiger partial charge in [0.1, 0.15) is 23.2 Å². The van der Waals surface area contributed by atoms with Gasteiger partial charge in [-0.3, -0.25) is 5.10 Å². The number of aromatic nitrogens is 2. The van der Waals surface area contributed by atoms with Crippen LogP contribution in [-0.4, -0.2) is 16.3 Å². The average Bonchev–Trinajstić information content (AvgIpc) is 3.11. The molecule has 0 amide bonds. The van der Waals surface area contributed by atoms with Gasteiger partial charge in [0.2, 0.25) is 11.8 Å². The summed E-state index contributed by atoms with van der Waals surface area (Å²) < 4.78 is 25.0. The first kappa shape index (κ1) is 18.6. The molecule has 6 nitrogen and oxygen atoms in total. The van der Waals surface area contributed by atoms with Crippen LogP contribution in [0.1, 0.15) is 30.9 Å². The van der Waals surface area contributed by atoms with E-state index < -0.39 is 5.92 Å². The van der Waals surface area contributed by atoms with Crippen LogP contribution < -0.4 is 15.2 Å². The SMILES string of the molecule is CC(C)Oc1ccccc1C1C(C#N)=C(N)Oc2n[nH]c(-c3ccc(F)cc3)c21. The summed E-state index contributed by atoms with van der Waals surface area (Å²) in [5.41, 5.74) is 9.08. The van der Waals surface area contributed by atoms with Crippen LogP contribution >= 0.6 is 0 Å².